The Kier molecular flexibility index (Phi) is 11.0. The van der Waals surface area contributed by atoms with Crippen LogP contribution in [-0.2, 0) is 26.2 Å². The van der Waals surface area contributed by atoms with Crippen molar-refractivity contribution in [1.29, 1.82) is 0 Å². The van der Waals surface area contributed by atoms with Crippen molar-refractivity contribution in [1.82, 2.24) is 10.2 Å². The molecular formula is C23H27Cl4N3O4S. The summed E-state index contributed by atoms with van der Waals surface area (Å²) < 4.78 is 26.2. The van der Waals surface area contributed by atoms with E-state index in [2.05, 4.69) is 5.32 Å². The van der Waals surface area contributed by atoms with E-state index in [1.54, 1.807) is 25.1 Å². The Balaban J connectivity index is 2.52. The third-order valence-corrected chi connectivity index (χ3v) is 7.43. The molecule has 0 bridgehead atoms. The fraction of sp³-hybridized carbons (Fsp3) is 0.391. The van der Waals surface area contributed by atoms with Gasteiger partial charge in [0, 0.05) is 38.7 Å². The van der Waals surface area contributed by atoms with Crippen LogP contribution in [0.1, 0.15) is 32.3 Å². The van der Waals surface area contributed by atoms with Crippen molar-refractivity contribution in [2.75, 3.05) is 23.7 Å². The van der Waals surface area contributed by atoms with Crippen LogP contribution in [0.4, 0.5) is 5.69 Å². The number of nitrogens with one attached hydrogen (secondary N) is 1. The highest BCUT2D eigenvalue weighted by atomic mass is 35.5. The van der Waals surface area contributed by atoms with Gasteiger partial charge in [0.1, 0.15) is 12.6 Å². The Morgan fingerprint density at radius 1 is 1.00 bits per heavy atom. The smallest absolute Gasteiger partial charge is 0.244 e. The Hall–Kier alpha value is -1.71. The summed E-state index contributed by atoms with van der Waals surface area (Å²) >= 11 is 24.8. The largest absolute Gasteiger partial charge is 0.354 e. The lowest BCUT2D eigenvalue weighted by Gasteiger charge is -2.33. The maximum Gasteiger partial charge on any atom is 0.244 e. The molecule has 2 rings (SSSR count). The van der Waals surface area contributed by atoms with Gasteiger partial charge in [0.25, 0.3) is 0 Å². The maximum absolute atomic E-state index is 13.6. The standard InChI is InChI=1S/C23H27Cl4N3O4S/c1-4-9-28-23(32)21(5-2)29(13-18-19(26)7-6-8-20(18)27)22(31)14-30(35(3,33)34)17-11-15(24)10-16(25)12-17/h6-8,10-12,21H,4-5,9,13-14H2,1-3H3,(H,28,32)/t21-/m0/s1. The molecular weight excluding hydrogens is 556 g/mol. The molecule has 0 heterocycles. The highest BCUT2D eigenvalue weighted by Gasteiger charge is 2.32. The summed E-state index contributed by atoms with van der Waals surface area (Å²) in [5.41, 5.74) is 0.570. The van der Waals surface area contributed by atoms with Gasteiger partial charge in [-0.25, -0.2) is 8.42 Å². The van der Waals surface area contributed by atoms with Crippen LogP contribution in [0, 0.1) is 0 Å². The summed E-state index contributed by atoms with van der Waals surface area (Å²) in [5, 5.41) is 3.85. The fourth-order valence-electron chi connectivity index (χ4n) is 3.44. The Morgan fingerprint density at radius 2 is 1.57 bits per heavy atom. The molecule has 0 spiro atoms. The minimum atomic E-state index is -3.92. The molecule has 0 unspecified atom stereocenters. The number of sulfonamides is 1. The van der Waals surface area contributed by atoms with Gasteiger partial charge in [-0.15, -0.1) is 0 Å². The van der Waals surface area contributed by atoms with Crippen LogP contribution in [0.25, 0.3) is 0 Å². The zero-order valence-corrected chi connectivity index (χ0v) is 23.4. The number of anilines is 1. The number of hydrogen-bond acceptors (Lipinski definition) is 4. The zero-order valence-electron chi connectivity index (χ0n) is 19.5. The lowest BCUT2D eigenvalue weighted by molar-refractivity contribution is -0.140. The molecule has 0 aromatic heterocycles. The van der Waals surface area contributed by atoms with Crippen LogP contribution in [0.5, 0.6) is 0 Å². The molecule has 2 amide bonds. The van der Waals surface area contributed by atoms with Crippen molar-refractivity contribution in [3.8, 4) is 0 Å². The van der Waals surface area contributed by atoms with Crippen molar-refractivity contribution in [3.63, 3.8) is 0 Å². The number of benzene rings is 2. The first-order valence-corrected chi connectivity index (χ1v) is 14.2. The molecule has 1 atom stereocenters. The second-order valence-corrected chi connectivity index (χ2v) is 11.4. The molecule has 192 valence electrons. The molecule has 0 aliphatic carbocycles. The SMILES string of the molecule is CCCNC(=O)[C@H](CC)N(Cc1c(Cl)cccc1Cl)C(=O)CN(c1cc(Cl)cc(Cl)c1)S(C)(=O)=O. The van der Waals surface area contributed by atoms with Crippen molar-refractivity contribution in [2.45, 2.75) is 39.3 Å². The van der Waals surface area contributed by atoms with Gasteiger partial charge in [0.15, 0.2) is 0 Å². The third-order valence-electron chi connectivity index (χ3n) is 5.14. The van der Waals surface area contributed by atoms with Gasteiger partial charge in [-0.2, -0.15) is 0 Å². The molecule has 0 fully saturated rings. The number of hydrogen-bond donors (Lipinski definition) is 1. The van der Waals surface area contributed by atoms with E-state index in [1.807, 2.05) is 6.92 Å². The number of carbonyl (C=O) groups is 2. The summed E-state index contributed by atoms with van der Waals surface area (Å²) in [7, 11) is -3.92. The van der Waals surface area contributed by atoms with E-state index in [-0.39, 0.29) is 34.6 Å². The number of amides is 2. The predicted molar refractivity (Wildman–Crippen MR) is 143 cm³/mol. The van der Waals surface area contributed by atoms with Gasteiger partial charge in [-0.05, 0) is 43.2 Å². The molecule has 7 nitrogen and oxygen atoms in total. The van der Waals surface area contributed by atoms with Crippen LogP contribution >= 0.6 is 46.4 Å². The van der Waals surface area contributed by atoms with E-state index in [1.165, 1.54) is 23.1 Å². The van der Waals surface area contributed by atoms with Crippen LogP contribution in [0.3, 0.4) is 0 Å². The first-order chi connectivity index (χ1) is 16.4. The zero-order chi connectivity index (χ0) is 26.3. The monoisotopic (exact) mass is 581 g/mol. The number of halogens is 4. The van der Waals surface area contributed by atoms with Gasteiger partial charge >= 0.3 is 0 Å². The van der Waals surface area contributed by atoms with E-state index >= 15 is 0 Å². The van der Waals surface area contributed by atoms with Gasteiger partial charge in [0.05, 0.1) is 11.9 Å². The van der Waals surface area contributed by atoms with Gasteiger partial charge < -0.3 is 10.2 Å². The number of rotatable bonds is 11. The molecule has 2 aromatic rings. The normalized spacial score (nSPS) is 12.2. The highest BCUT2D eigenvalue weighted by molar-refractivity contribution is 7.92. The summed E-state index contributed by atoms with van der Waals surface area (Å²) in [5.74, 6) is -0.983. The van der Waals surface area contributed by atoms with Crippen molar-refractivity contribution < 1.29 is 18.0 Å². The van der Waals surface area contributed by atoms with Crippen molar-refractivity contribution in [3.05, 3.63) is 62.1 Å². The van der Waals surface area contributed by atoms with Gasteiger partial charge in [-0.3, -0.25) is 13.9 Å². The molecule has 0 aliphatic rings. The first kappa shape index (κ1) is 29.5. The van der Waals surface area contributed by atoms with E-state index < -0.39 is 28.5 Å². The molecule has 0 saturated heterocycles. The molecule has 35 heavy (non-hydrogen) atoms. The third kappa shape index (κ3) is 8.15. The summed E-state index contributed by atoms with van der Waals surface area (Å²) in [6.45, 7) is 3.42. The van der Waals surface area contributed by atoms with Crippen molar-refractivity contribution in [2.24, 2.45) is 0 Å². The minimum absolute atomic E-state index is 0.0940. The molecule has 12 heteroatoms. The van der Waals surface area contributed by atoms with Crippen LogP contribution in [-0.4, -0.2) is 50.5 Å². The van der Waals surface area contributed by atoms with Crippen molar-refractivity contribution >= 4 is 73.9 Å². The average Bonchev–Trinajstić information content (AvgIpc) is 2.76. The molecule has 0 radical (unpaired) electrons. The molecule has 0 aliphatic heterocycles. The van der Waals surface area contributed by atoms with E-state index in [0.29, 0.717) is 28.6 Å². The molecule has 1 N–H and O–H groups in total. The second kappa shape index (κ2) is 13.0. The number of nitrogens with zero attached hydrogens (tertiary/aromatic N) is 2. The second-order valence-electron chi connectivity index (χ2n) is 7.83. The first-order valence-electron chi connectivity index (χ1n) is 10.8. The molecule has 0 saturated carbocycles. The van der Waals surface area contributed by atoms with Crippen LogP contribution < -0.4 is 9.62 Å². The maximum atomic E-state index is 13.6. The predicted octanol–water partition coefficient (Wildman–Crippen LogP) is 5.40. The van der Waals surface area contributed by atoms with Crippen LogP contribution in [0.15, 0.2) is 36.4 Å². The quantitative estimate of drug-likeness (QED) is 0.384. The summed E-state index contributed by atoms with van der Waals surface area (Å²) in [6, 6.07) is 8.27. The topological polar surface area (TPSA) is 86.8 Å². The van der Waals surface area contributed by atoms with Gasteiger partial charge in [0.2, 0.25) is 21.8 Å². The van der Waals surface area contributed by atoms with Gasteiger partial charge in [-0.1, -0.05) is 66.3 Å². The van der Waals surface area contributed by atoms with Crippen LogP contribution in [0.2, 0.25) is 20.1 Å². The van der Waals surface area contributed by atoms with E-state index in [9.17, 15) is 18.0 Å². The fourth-order valence-corrected chi connectivity index (χ4v) is 5.30. The Bertz CT molecular complexity index is 1140. The van der Waals surface area contributed by atoms with E-state index in [4.69, 9.17) is 46.4 Å². The Labute approximate surface area is 226 Å². The number of carbonyl (C=O) groups excluding carboxylic acids is 2. The highest BCUT2D eigenvalue weighted by Crippen LogP contribution is 2.29. The lowest BCUT2D eigenvalue weighted by Crippen LogP contribution is -2.52. The minimum Gasteiger partial charge on any atom is -0.354 e. The molecule has 2 aromatic carbocycles. The lowest BCUT2D eigenvalue weighted by atomic mass is 10.1. The Morgan fingerprint density at radius 3 is 2.06 bits per heavy atom. The summed E-state index contributed by atoms with van der Waals surface area (Å²) in [4.78, 5) is 27.9. The summed E-state index contributed by atoms with van der Waals surface area (Å²) in [6.07, 6.45) is 1.96. The average molecular weight is 583 g/mol. The van der Waals surface area contributed by atoms with E-state index in [0.717, 1.165) is 10.6 Å².